The standard InChI is InChI=1S/C17H19FN4O4/c1-9(8-23)17-20-6-10(7-21-17)11-2-3-12(19)16(18)15(11)13-4-5-14(26-13)22(24)25/h2-3,6-7,9,13-14,23H,4-5,8,19H2,1H3. The van der Waals surface area contributed by atoms with Gasteiger partial charge in [-0.1, -0.05) is 13.0 Å². The quantitative estimate of drug-likeness (QED) is 0.475. The van der Waals surface area contributed by atoms with Gasteiger partial charge in [0, 0.05) is 35.9 Å². The average molecular weight is 362 g/mol. The molecule has 1 aliphatic rings. The number of aliphatic hydroxyl groups excluding tert-OH is 1. The van der Waals surface area contributed by atoms with Crippen LogP contribution in [0.25, 0.3) is 11.1 Å². The van der Waals surface area contributed by atoms with Crippen LogP contribution in [0.4, 0.5) is 10.1 Å². The number of hydrogen-bond donors (Lipinski definition) is 2. The normalized spacial score (nSPS) is 20.9. The van der Waals surface area contributed by atoms with Gasteiger partial charge in [0.05, 0.1) is 23.3 Å². The second kappa shape index (κ2) is 7.30. The molecule has 0 bridgehead atoms. The van der Waals surface area contributed by atoms with Gasteiger partial charge in [-0.15, -0.1) is 0 Å². The number of aliphatic hydroxyl groups is 1. The third kappa shape index (κ3) is 3.35. The molecule has 3 N–H and O–H groups in total. The number of rotatable bonds is 5. The Balaban J connectivity index is 2.00. The lowest BCUT2D eigenvalue weighted by molar-refractivity contribution is -0.571. The van der Waals surface area contributed by atoms with E-state index in [0.717, 1.165) is 0 Å². The van der Waals surface area contributed by atoms with Gasteiger partial charge in [-0.25, -0.2) is 14.4 Å². The van der Waals surface area contributed by atoms with Gasteiger partial charge >= 0.3 is 6.23 Å². The molecule has 1 aromatic carbocycles. The summed E-state index contributed by atoms with van der Waals surface area (Å²) in [7, 11) is 0. The Bertz CT molecular complexity index is 815. The molecule has 0 amide bonds. The van der Waals surface area contributed by atoms with Crippen molar-refractivity contribution in [1.29, 1.82) is 0 Å². The highest BCUT2D eigenvalue weighted by Crippen LogP contribution is 2.41. The van der Waals surface area contributed by atoms with E-state index in [4.69, 9.17) is 10.5 Å². The lowest BCUT2D eigenvalue weighted by atomic mass is 9.95. The van der Waals surface area contributed by atoms with Gasteiger partial charge in [-0.2, -0.15) is 0 Å². The van der Waals surface area contributed by atoms with Gasteiger partial charge in [-0.05, 0) is 18.1 Å². The minimum Gasteiger partial charge on any atom is -0.396 e. The maximum Gasteiger partial charge on any atom is 0.316 e. The number of benzene rings is 1. The first-order valence-electron chi connectivity index (χ1n) is 8.22. The molecule has 26 heavy (non-hydrogen) atoms. The van der Waals surface area contributed by atoms with Gasteiger partial charge in [0.2, 0.25) is 0 Å². The van der Waals surface area contributed by atoms with Crippen LogP contribution in [0.15, 0.2) is 24.5 Å². The van der Waals surface area contributed by atoms with Crippen molar-refractivity contribution in [3.63, 3.8) is 0 Å². The topological polar surface area (TPSA) is 124 Å². The van der Waals surface area contributed by atoms with Crippen LogP contribution in [0, 0.1) is 15.9 Å². The molecular weight excluding hydrogens is 343 g/mol. The van der Waals surface area contributed by atoms with E-state index in [1.54, 1.807) is 13.0 Å². The Morgan fingerprint density at radius 1 is 1.42 bits per heavy atom. The third-order valence-electron chi connectivity index (χ3n) is 4.46. The zero-order valence-electron chi connectivity index (χ0n) is 14.1. The van der Waals surface area contributed by atoms with Crippen LogP contribution in [0.5, 0.6) is 0 Å². The number of nitrogen functional groups attached to an aromatic ring is 1. The fourth-order valence-electron chi connectivity index (χ4n) is 2.98. The largest absolute Gasteiger partial charge is 0.396 e. The van der Waals surface area contributed by atoms with Crippen molar-refractivity contribution in [3.8, 4) is 11.1 Å². The van der Waals surface area contributed by atoms with E-state index in [1.807, 2.05) is 0 Å². The summed E-state index contributed by atoms with van der Waals surface area (Å²) in [4.78, 5) is 18.9. The molecule has 1 aliphatic heterocycles. The summed E-state index contributed by atoms with van der Waals surface area (Å²) in [5.41, 5.74) is 6.84. The first-order valence-corrected chi connectivity index (χ1v) is 8.22. The molecule has 1 aromatic heterocycles. The summed E-state index contributed by atoms with van der Waals surface area (Å²) in [5.74, 6) is -0.394. The van der Waals surface area contributed by atoms with Crippen molar-refractivity contribution in [2.45, 2.75) is 38.0 Å². The minimum atomic E-state index is -1.15. The molecule has 0 radical (unpaired) electrons. The van der Waals surface area contributed by atoms with E-state index < -0.39 is 23.1 Å². The van der Waals surface area contributed by atoms with Crippen LogP contribution in [0.3, 0.4) is 0 Å². The van der Waals surface area contributed by atoms with Crippen LogP contribution >= 0.6 is 0 Å². The summed E-state index contributed by atoms with van der Waals surface area (Å²) in [6.07, 6.45) is 1.66. The lowest BCUT2D eigenvalue weighted by Crippen LogP contribution is -2.18. The van der Waals surface area contributed by atoms with Crippen LogP contribution < -0.4 is 5.73 Å². The minimum absolute atomic E-state index is 0.0525. The predicted molar refractivity (Wildman–Crippen MR) is 91.2 cm³/mol. The third-order valence-corrected chi connectivity index (χ3v) is 4.46. The lowest BCUT2D eigenvalue weighted by Gasteiger charge is -2.17. The van der Waals surface area contributed by atoms with E-state index in [0.29, 0.717) is 23.4 Å². The maximum absolute atomic E-state index is 14.7. The fraction of sp³-hybridized carbons (Fsp3) is 0.412. The summed E-state index contributed by atoms with van der Waals surface area (Å²) >= 11 is 0. The summed E-state index contributed by atoms with van der Waals surface area (Å²) in [5, 5.41) is 20.1. The van der Waals surface area contributed by atoms with Crippen LogP contribution in [0.1, 0.15) is 43.2 Å². The molecule has 9 heteroatoms. The number of ether oxygens (including phenoxy) is 1. The number of anilines is 1. The smallest absolute Gasteiger partial charge is 0.316 e. The monoisotopic (exact) mass is 362 g/mol. The molecule has 2 heterocycles. The number of nitrogens with two attached hydrogens (primary N) is 1. The van der Waals surface area contributed by atoms with E-state index in [9.17, 15) is 19.6 Å². The molecule has 2 aromatic rings. The first-order chi connectivity index (χ1) is 12.4. The second-order valence-corrected chi connectivity index (χ2v) is 6.29. The van der Waals surface area contributed by atoms with Gasteiger partial charge in [0.1, 0.15) is 5.82 Å². The van der Waals surface area contributed by atoms with Gasteiger partial charge in [0.15, 0.2) is 5.82 Å². The summed E-state index contributed by atoms with van der Waals surface area (Å²) in [6, 6.07) is 3.06. The Morgan fingerprint density at radius 2 is 2.12 bits per heavy atom. The van der Waals surface area contributed by atoms with Gasteiger partial charge in [-0.3, -0.25) is 10.1 Å². The molecule has 8 nitrogen and oxygen atoms in total. The highest BCUT2D eigenvalue weighted by molar-refractivity contribution is 5.70. The molecule has 1 saturated heterocycles. The zero-order valence-corrected chi connectivity index (χ0v) is 14.1. The van der Waals surface area contributed by atoms with Crippen molar-refractivity contribution in [1.82, 2.24) is 9.97 Å². The Kier molecular flexibility index (Phi) is 5.10. The van der Waals surface area contributed by atoms with E-state index >= 15 is 0 Å². The van der Waals surface area contributed by atoms with E-state index in [1.165, 1.54) is 18.5 Å². The van der Waals surface area contributed by atoms with Crippen LogP contribution in [-0.2, 0) is 4.74 Å². The molecule has 0 aliphatic carbocycles. The highest BCUT2D eigenvalue weighted by Gasteiger charge is 2.37. The number of nitro groups is 1. The van der Waals surface area contributed by atoms with E-state index in [-0.39, 0.29) is 30.2 Å². The van der Waals surface area contributed by atoms with Crippen molar-refractivity contribution in [2.75, 3.05) is 12.3 Å². The molecule has 3 atom stereocenters. The van der Waals surface area contributed by atoms with Crippen molar-refractivity contribution < 1.29 is 19.2 Å². The van der Waals surface area contributed by atoms with E-state index in [2.05, 4.69) is 9.97 Å². The van der Waals surface area contributed by atoms with Crippen molar-refractivity contribution in [2.24, 2.45) is 0 Å². The Labute approximate surface area is 149 Å². The zero-order chi connectivity index (χ0) is 18.8. The van der Waals surface area contributed by atoms with Gasteiger partial charge < -0.3 is 15.6 Å². The molecule has 0 spiro atoms. The van der Waals surface area contributed by atoms with Crippen LogP contribution in [0.2, 0.25) is 0 Å². The number of nitrogens with zero attached hydrogens (tertiary/aromatic N) is 3. The Morgan fingerprint density at radius 3 is 2.69 bits per heavy atom. The number of hydrogen-bond acceptors (Lipinski definition) is 7. The molecular formula is C17H19FN4O4. The molecule has 3 unspecified atom stereocenters. The van der Waals surface area contributed by atoms with Crippen molar-refractivity contribution in [3.05, 3.63) is 51.8 Å². The number of aromatic nitrogens is 2. The SMILES string of the molecule is CC(CO)c1ncc(-c2ccc(N)c(F)c2C2CCC([N+](=O)[O-])O2)cn1. The molecule has 138 valence electrons. The predicted octanol–water partition coefficient (Wildman–Crippen LogP) is 2.42. The average Bonchev–Trinajstić information content (AvgIpc) is 3.13. The summed E-state index contributed by atoms with van der Waals surface area (Å²) < 4.78 is 20.2. The maximum atomic E-state index is 14.7. The second-order valence-electron chi connectivity index (χ2n) is 6.29. The molecule has 3 rings (SSSR count). The Hall–Kier alpha value is -2.65. The van der Waals surface area contributed by atoms with Gasteiger partial charge in [0.25, 0.3) is 0 Å². The molecule has 1 fully saturated rings. The number of halogens is 1. The highest BCUT2D eigenvalue weighted by atomic mass is 19.1. The fourth-order valence-corrected chi connectivity index (χ4v) is 2.98. The molecule has 0 saturated carbocycles. The first kappa shape index (κ1) is 18.2. The van der Waals surface area contributed by atoms with Crippen molar-refractivity contribution >= 4 is 5.69 Å². The summed E-state index contributed by atoms with van der Waals surface area (Å²) in [6.45, 7) is 1.70. The van der Waals surface area contributed by atoms with Crippen LogP contribution in [-0.4, -0.2) is 32.8 Å².